The second-order valence-electron chi connectivity index (χ2n) is 15.4. The van der Waals surface area contributed by atoms with Crippen molar-refractivity contribution >= 4 is 92.0 Å². The Kier molecular flexibility index (Phi) is 8.45. The zero-order valence-corrected chi connectivity index (χ0v) is 33.3. The highest BCUT2D eigenvalue weighted by Crippen LogP contribution is 2.48. The molecule has 1 aliphatic rings. The smallest absolute Gasteiger partial charge is 0.0869 e. The van der Waals surface area contributed by atoms with Crippen molar-refractivity contribution in [3.8, 4) is 23.0 Å². The van der Waals surface area contributed by atoms with E-state index in [0.717, 1.165) is 16.7 Å². The van der Waals surface area contributed by atoms with E-state index in [1.807, 2.05) is 12.2 Å². The minimum atomic E-state index is -0.188. The molecule has 1 heterocycles. The van der Waals surface area contributed by atoms with Crippen LogP contribution in [0.15, 0.2) is 206 Å². The van der Waals surface area contributed by atoms with Gasteiger partial charge in [0.25, 0.3) is 0 Å². The first-order valence-electron chi connectivity index (χ1n) is 20.6. The predicted octanol–water partition coefficient (Wildman–Crippen LogP) is 14.7. The number of fused-ring (bicyclic) bond motifs is 13. The second-order valence-corrected chi connectivity index (χ2v) is 15.4. The average Bonchev–Trinajstić information content (AvgIpc) is 3.65. The lowest BCUT2D eigenvalue weighted by Gasteiger charge is -2.24. The largest absolute Gasteiger partial charge is 0.333 e. The van der Waals surface area contributed by atoms with Crippen LogP contribution in [-0.2, 0) is 0 Å². The lowest BCUT2D eigenvalue weighted by atomic mass is 9.89. The Morgan fingerprint density at radius 2 is 1.12 bits per heavy atom. The highest BCUT2D eigenvalue weighted by atomic mass is 15.0. The molecule has 0 bridgehead atoms. The highest BCUT2D eigenvalue weighted by molar-refractivity contribution is 6.29. The number of aromatic nitrogens is 1. The van der Waals surface area contributed by atoms with Crippen molar-refractivity contribution < 1.29 is 0 Å². The van der Waals surface area contributed by atoms with Gasteiger partial charge in [-0.3, -0.25) is 0 Å². The molecule has 60 heavy (non-hydrogen) atoms. The van der Waals surface area contributed by atoms with E-state index in [1.165, 1.54) is 105 Å². The quantitative estimate of drug-likeness (QED) is 0.140. The summed E-state index contributed by atoms with van der Waals surface area (Å²) in [6.07, 6.45) is 6.31. The van der Waals surface area contributed by atoms with Crippen molar-refractivity contribution in [2.75, 3.05) is 7.05 Å². The summed E-state index contributed by atoms with van der Waals surface area (Å²) in [5.74, 6) is 6.98. The lowest BCUT2D eigenvalue weighted by molar-refractivity contribution is 0.759. The summed E-state index contributed by atoms with van der Waals surface area (Å²) < 4.78 is 2.58. The molecule has 1 unspecified atom stereocenters. The van der Waals surface area contributed by atoms with Crippen LogP contribution in [0.2, 0.25) is 0 Å². The van der Waals surface area contributed by atoms with E-state index in [-0.39, 0.29) is 6.04 Å². The monoisotopic (exact) mass is 764 g/mol. The first kappa shape index (κ1) is 35.5. The molecule has 2 nitrogen and oxygen atoms in total. The fraction of sp³-hybridized carbons (Fsp3) is 0.0345. The average molecular weight is 765 g/mol. The third-order valence-electron chi connectivity index (χ3n) is 12.4. The summed E-state index contributed by atoms with van der Waals surface area (Å²) in [5.41, 5.74) is 12.5. The summed E-state index contributed by atoms with van der Waals surface area (Å²) in [4.78, 5) is 0. The van der Waals surface area contributed by atoms with E-state index in [2.05, 4.69) is 211 Å². The number of allylic oxidation sites excluding steroid dienone is 5. The van der Waals surface area contributed by atoms with Crippen LogP contribution in [0, 0.1) is 11.8 Å². The third-order valence-corrected chi connectivity index (χ3v) is 12.4. The fourth-order valence-electron chi connectivity index (χ4n) is 9.90. The molecule has 0 fully saturated rings. The van der Waals surface area contributed by atoms with Crippen LogP contribution >= 0.6 is 0 Å². The molecular weight excluding hydrogens is 725 g/mol. The maximum Gasteiger partial charge on any atom is 0.0869 e. The number of benzene rings is 10. The van der Waals surface area contributed by atoms with E-state index in [0.29, 0.717) is 0 Å². The van der Waals surface area contributed by atoms with Gasteiger partial charge in [-0.25, -0.2) is 0 Å². The molecule has 1 atom stereocenters. The highest BCUT2D eigenvalue weighted by Gasteiger charge is 2.27. The van der Waals surface area contributed by atoms with Gasteiger partial charge in [0.05, 0.1) is 17.1 Å². The molecule has 0 saturated carbocycles. The van der Waals surface area contributed by atoms with Crippen LogP contribution < -0.4 is 5.73 Å². The van der Waals surface area contributed by atoms with Gasteiger partial charge in [0.15, 0.2) is 0 Å². The van der Waals surface area contributed by atoms with Crippen LogP contribution in [-0.4, -0.2) is 11.6 Å². The number of nitrogens with two attached hydrogens (primary N) is 1. The first-order valence-corrected chi connectivity index (χ1v) is 20.6. The molecule has 2 heteroatoms. The van der Waals surface area contributed by atoms with Gasteiger partial charge in [0.2, 0.25) is 0 Å². The SMILES string of the molecule is C=C/C(=C1/C#CC=CC1n1c2ccc3ccccc3c2c2cc3ccccc3c(-c3ccc4c5ccccc5c5ccccc5c4c3)c21)c1ccc2ccccc2c1.CN. The van der Waals surface area contributed by atoms with Gasteiger partial charge in [-0.2, -0.15) is 0 Å². The molecule has 11 aromatic rings. The Balaban J connectivity index is 0.00000201. The fourth-order valence-corrected chi connectivity index (χ4v) is 9.90. The van der Waals surface area contributed by atoms with E-state index >= 15 is 0 Å². The van der Waals surface area contributed by atoms with E-state index in [1.54, 1.807) is 0 Å². The molecule has 1 aliphatic carbocycles. The molecular formula is C58H40N2. The lowest BCUT2D eigenvalue weighted by Crippen LogP contribution is -2.12. The molecule has 0 saturated heterocycles. The maximum absolute atomic E-state index is 4.50. The van der Waals surface area contributed by atoms with Crippen LogP contribution in [0.25, 0.3) is 103 Å². The van der Waals surface area contributed by atoms with Crippen LogP contribution in [0.4, 0.5) is 0 Å². The standard InChI is InChI=1S/C57H35N.CH5N/c1-2-42(40-28-27-36-15-3-4-17-38(36)33-40)50-25-13-14-26-53(50)58-54-32-30-37-16-5-7-19-43(37)56(54)52-34-39-18-6-8-20-44(39)55(57(52)58)41-29-31-49-47-23-10-9-21-45(47)46-22-11-12-24-48(46)51(49)35-41;1-2/h2-12,14-24,26-35,53H,1H2;2H2,1H3/b50-42+;. The Labute approximate surface area is 348 Å². The summed E-state index contributed by atoms with van der Waals surface area (Å²) in [7, 11) is 1.50. The van der Waals surface area contributed by atoms with Crippen molar-refractivity contribution in [3.05, 3.63) is 212 Å². The number of hydrogen-bond acceptors (Lipinski definition) is 1. The molecule has 0 spiro atoms. The minimum absolute atomic E-state index is 0.188. The number of rotatable bonds is 4. The predicted molar refractivity (Wildman–Crippen MR) is 260 cm³/mol. The molecule has 2 N–H and O–H groups in total. The van der Waals surface area contributed by atoms with Crippen molar-refractivity contribution in [2.45, 2.75) is 6.04 Å². The van der Waals surface area contributed by atoms with Crippen LogP contribution in [0.3, 0.4) is 0 Å². The third kappa shape index (κ3) is 5.34. The Morgan fingerprint density at radius 1 is 0.533 bits per heavy atom. The van der Waals surface area contributed by atoms with Gasteiger partial charge in [0, 0.05) is 21.9 Å². The van der Waals surface area contributed by atoms with Gasteiger partial charge in [-0.15, -0.1) is 0 Å². The van der Waals surface area contributed by atoms with Gasteiger partial charge >= 0.3 is 0 Å². The molecule has 0 aliphatic heterocycles. The zero-order valence-electron chi connectivity index (χ0n) is 33.3. The molecule has 282 valence electrons. The van der Waals surface area contributed by atoms with Gasteiger partial charge in [0.1, 0.15) is 0 Å². The van der Waals surface area contributed by atoms with Crippen LogP contribution in [0.5, 0.6) is 0 Å². The normalized spacial score (nSPS) is 14.5. The van der Waals surface area contributed by atoms with Crippen molar-refractivity contribution in [1.82, 2.24) is 4.57 Å². The van der Waals surface area contributed by atoms with E-state index in [9.17, 15) is 0 Å². The van der Waals surface area contributed by atoms with Gasteiger partial charge in [-0.1, -0.05) is 176 Å². The van der Waals surface area contributed by atoms with Crippen molar-refractivity contribution in [1.29, 1.82) is 0 Å². The topological polar surface area (TPSA) is 30.9 Å². The Hall–Kier alpha value is -7.70. The molecule has 10 aromatic carbocycles. The Bertz CT molecular complexity index is 3680. The van der Waals surface area contributed by atoms with Crippen LogP contribution in [0.1, 0.15) is 11.6 Å². The van der Waals surface area contributed by atoms with Gasteiger partial charge in [-0.05, 0) is 125 Å². The number of hydrogen-bond donors (Lipinski definition) is 1. The van der Waals surface area contributed by atoms with Gasteiger partial charge < -0.3 is 10.3 Å². The molecule has 0 amide bonds. The minimum Gasteiger partial charge on any atom is -0.333 e. The molecule has 1 aromatic heterocycles. The zero-order chi connectivity index (χ0) is 40.3. The summed E-state index contributed by atoms with van der Waals surface area (Å²) in [6, 6.07) is 64.6. The first-order chi connectivity index (χ1) is 29.7. The van der Waals surface area contributed by atoms with E-state index in [4.69, 9.17) is 0 Å². The Morgan fingerprint density at radius 3 is 1.83 bits per heavy atom. The summed E-state index contributed by atoms with van der Waals surface area (Å²) in [5, 5.41) is 17.5. The number of nitrogens with zero attached hydrogens (tertiary/aromatic N) is 1. The summed E-state index contributed by atoms with van der Waals surface area (Å²) >= 11 is 0. The molecule has 12 rings (SSSR count). The van der Waals surface area contributed by atoms with E-state index < -0.39 is 0 Å². The van der Waals surface area contributed by atoms with Crippen molar-refractivity contribution in [3.63, 3.8) is 0 Å². The van der Waals surface area contributed by atoms with Crippen molar-refractivity contribution in [2.24, 2.45) is 5.73 Å². The molecule has 0 radical (unpaired) electrons. The second kappa shape index (κ2) is 14.3. The summed E-state index contributed by atoms with van der Waals surface area (Å²) in [6.45, 7) is 4.40. The maximum atomic E-state index is 4.50.